The van der Waals surface area contributed by atoms with Crippen molar-refractivity contribution in [2.75, 3.05) is 14.2 Å². The van der Waals surface area contributed by atoms with Crippen molar-refractivity contribution in [3.63, 3.8) is 0 Å². The fourth-order valence-electron chi connectivity index (χ4n) is 2.78. The van der Waals surface area contributed by atoms with Gasteiger partial charge in [0.2, 0.25) is 0 Å². The molecular formula is C17H15F2N3O2. The van der Waals surface area contributed by atoms with Crippen LogP contribution in [0.3, 0.4) is 0 Å². The number of nitrogens with zero attached hydrogens (tertiary/aromatic N) is 2. The number of halogens is 2. The van der Waals surface area contributed by atoms with E-state index < -0.39 is 23.1 Å². The van der Waals surface area contributed by atoms with Crippen LogP contribution < -0.4 is 10.5 Å². The second kappa shape index (κ2) is 5.59. The number of guanidine groups is 1. The second-order valence-corrected chi connectivity index (χ2v) is 5.43. The summed E-state index contributed by atoms with van der Waals surface area (Å²) in [7, 11) is 2.97. The SMILES string of the molecule is COc1ccc(C2(c3cc(F)cc(F)c3)N=C(N)N(C)C2=O)cc1. The maximum absolute atomic E-state index is 13.7. The Morgan fingerprint density at radius 2 is 1.67 bits per heavy atom. The minimum absolute atomic E-state index is 0.0273. The zero-order chi connectivity index (χ0) is 17.5. The number of hydrogen-bond donors (Lipinski definition) is 1. The molecule has 1 aliphatic heterocycles. The zero-order valence-corrected chi connectivity index (χ0v) is 13.1. The Bertz CT molecular complexity index is 816. The molecule has 0 fully saturated rings. The molecule has 3 rings (SSSR count). The van der Waals surface area contributed by atoms with Crippen LogP contribution in [-0.2, 0) is 10.3 Å². The van der Waals surface area contributed by atoms with E-state index >= 15 is 0 Å². The van der Waals surface area contributed by atoms with E-state index in [4.69, 9.17) is 10.5 Å². The fourth-order valence-corrected chi connectivity index (χ4v) is 2.78. The Kier molecular flexibility index (Phi) is 3.71. The van der Waals surface area contributed by atoms with Crippen LogP contribution in [0, 0.1) is 11.6 Å². The third-order valence-corrected chi connectivity index (χ3v) is 4.03. The molecule has 1 unspecified atom stereocenters. The molecule has 0 saturated carbocycles. The molecule has 124 valence electrons. The summed E-state index contributed by atoms with van der Waals surface area (Å²) in [5.41, 5.74) is 4.67. The number of aliphatic imine (C=N–C) groups is 1. The van der Waals surface area contributed by atoms with Gasteiger partial charge in [0.15, 0.2) is 11.5 Å². The van der Waals surface area contributed by atoms with Gasteiger partial charge in [-0.15, -0.1) is 0 Å². The summed E-state index contributed by atoms with van der Waals surface area (Å²) in [6, 6.07) is 9.43. The third-order valence-electron chi connectivity index (χ3n) is 4.03. The van der Waals surface area contributed by atoms with Gasteiger partial charge in [0.25, 0.3) is 5.91 Å². The van der Waals surface area contributed by atoms with E-state index in [-0.39, 0.29) is 11.5 Å². The highest BCUT2D eigenvalue weighted by atomic mass is 19.1. The van der Waals surface area contributed by atoms with Gasteiger partial charge in [0.05, 0.1) is 7.11 Å². The molecule has 0 aromatic heterocycles. The topological polar surface area (TPSA) is 67.9 Å². The van der Waals surface area contributed by atoms with Gasteiger partial charge in [-0.1, -0.05) is 12.1 Å². The van der Waals surface area contributed by atoms with Crippen molar-refractivity contribution < 1.29 is 18.3 Å². The van der Waals surface area contributed by atoms with E-state index in [1.165, 1.54) is 14.2 Å². The first-order valence-corrected chi connectivity index (χ1v) is 7.13. The second-order valence-electron chi connectivity index (χ2n) is 5.43. The Morgan fingerprint density at radius 1 is 1.08 bits per heavy atom. The first-order valence-electron chi connectivity index (χ1n) is 7.13. The molecule has 1 amide bonds. The molecule has 1 aliphatic rings. The standard InChI is InChI=1S/C17H15F2N3O2/c1-22-15(23)17(21-16(22)20,10-3-5-14(24-2)6-4-10)11-7-12(18)9-13(19)8-11/h3-9H,1-2H3,(H2,20,21). The molecule has 0 radical (unpaired) electrons. The Hall–Kier alpha value is -2.96. The van der Waals surface area contributed by atoms with Crippen molar-refractivity contribution in [2.24, 2.45) is 10.7 Å². The maximum atomic E-state index is 13.7. The van der Waals surface area contributed by atoms with E-state index in [2.05, 4.69) is 4.99 Å². The number of nitrogens with two attached hydrogens (primary N) is 1. The monoisotopic (exact) mass is 331 g/mol. The molecule has 2 aromatic carbocycles. The van der Waals surface area contributed by atoms with E-state index in [1.54, 1.807) is 24.3 Å². The van der Waals surface area contributed by atoms with Crippen LogP contribution in [0.5, 0.6) is 5.75 Å². The van der Waals surface area contributed by atoms with Crippen molar-refractivity contribution in [1.82, 2.24) is 4.90 Å². The van der Waals surface area contributed by atoms with Crippen LogP contribution in [-0.4, -0.2) is 30.9 Å². The fraction of sp³-hybridized carbons (Fsp3) is 0.176. The number of ether oxygens (including phenoxy) is 1. The predicted octanol–water partition coefficient (Wildman–Crippen LogP) is 2.00. The lowest BCUT2D eigenvalue weighted by Crippen LogP contribution is -2.41. The number of methoxy groups -OCH3 is 1. The quantitative estimate of drug-likeness (QED) is 0.935. The normalized spacial score (nSPS) is 20.2. The van der Waals surface area contributed by atoms with E-state index in [9.17, 15) is 13.6 Å². The van der Waals surface area contributed by atoms with Gasteiger partial charge in [-0.05, 0) is 35.4 Å². The van der Waals surface area contributed by atoms with Gasteiger partial charge < -0.3 is 10.5 Å². The van der Waals surface area contributed by atoms with Gasteiger partial charge >= 0.3 is 0 Å². The summed E-state index contributed by atoms with van der Waals surface area (Å²) >= 11 is 0. The van der Waals surface area contributed by atoms with Crippen molar-refractivity contribution in [3.8, 4) is 5.75 Å². The number of rotatable bonds is 3. The van der Waals surface area contributed by atoms with Crippen molar-refractivity contribution >= 4 is 11.9 Å². The van der Waals surface area contributed by atoms with E-state index in [0.717, 1.165) is 23.1 Å². The minimum atomic E-state index is -1.63. The Morgan fingerprint density at radius 3 is 2.12 bits per heavy atom. The van der Waals surface area contributed by atoms with Gasteiger partial charge in [0.1, 0.15) is 17.4 Å². The molecule has 1 heterocycles. The van der Waals surface area contributed by atoms with Crippen LogP contribution in [0.25, 0.3) is 0 Å². The van der Waals surface area contributed by atoms with Gasteiger partial charge in [0, 0.05) is 13.1 Å². The molecule has 1 atom stereocenters. The summed E-state index contributed by atoms with van der Waals surface area (Å²) in [4.78, 5) is 18.3. The Labute approximate surface area is 137 Å². The zero-order valence-electron chi connectivity index (χ0n) is 13.1. The molecule has 0 saturated heterocycles. The van der Waals surface area contributed by atoms with Crippen molar-refractivity contribution in [3.05, 3.63) is 65.2 Å². The highest BCUT2D eigenvalue weighted by Gasteiger charge is 2.49. The van der Waals surface area contributed by atoms with Gasteiger partial charge in [-0.25, -0.2) is 13.8 Å². The number of likely N-dealkylation sites (N-methyl/N-ethyl adjacent to an activating group) is 1. The summed E-state index contributed by atoms with van der Waals surface area (Å²) in [5.74, 6) is -1.53. The van der Waals surface area contributed by atoms with E-state index in [0.29, 0.717) is 11.3 Å². The molecule has 0 bridgehead atoms. The lowest BCUT2D eigenvalue weighted by molar-refractivity contribution is -0.129. The average Bonchev–Trinajstić information content (AvgIpc) is 2.79. The molecule has 5 nitrogen and oxygen atoms in total. The highest BCUT2D eigenvalue weighted by molar-refractivity contribution is 6.08. The van der Waals surface area contributed by atoms with Crippen LogP contribution >= 0.6 is 0 Å². The number of carbonyl (C=O) groups is 1. The third kappa shape index (κ3) is 2.29. The molecule has 24 heavy (non-hydrogen) atoms. The Balaban J connectivity index is 2.27. The first-order chi connectivity index (χ1) is 11.4. The van der Waals surface area contributed by atoms with Crippen molar-refractivity contribution in [1.29, 1.82) is 0 Å². The van der Waals surface area contributed by atoms with Gasteiger partial charge in [-0.3, -0.25) is 9.69 Å². The smallest absolute Gasteiger partial charge is 0.266 e. The highest BCUT2D eigenvalue weighted by Crippen LogP contribution is 2.40. The average molecular weight is 331 g/mol. The lowest BCUT2D eigenvalue weighted by atomic mass is 9.82. The van der Waals surface area contributed by atoms with Crippen molar-refractivity contribution in [2.45, 2.75) is 5.54 Å². The van der Waals surface area contributed by atoms with Crippen LogP contribution in [0.15, 0.2) is 47.5 Å². The summed E-state index contributed by atoms with van der Waals surface area (Å²) in [5, 5.41) is 0. The summed E-state index contributed by atoms with van der Waals surface area (Å²) < 4.78 is 32.6. The molecule has 0 spiro atoms. The molecule has 0 aliphatic carbocycles. The first kappa shape index (κ1) is 15.9. The summed E-state index contributed by atoms with van der Waals surface area (Å²) in [6.45, 7) is 0. The molecule has 7 heteroatoms. The predicted molar refractivity (Wildman–Crippen MR) is 84.5 cm³/mol. The van der Waals surface area contributed by atoms with Crippen LogP contribution in [0.2, 0.25) is 0 Å². The maximum Gasteiger partial charge on any atom is 0.266 e. The van der Waals surface area contributed by atoms with Crippen LogP contribution in [0.4, 0.5) is 8.78 Å². The van der Waals surface area contributed by atoms with E-state index in [1.807, 2.05) is 0 Å². The number of carbonyl (C=O) groups excluding carboxylic acids is 1. The molecule has 2 aromatic rings. The lowest BCUT2D eigenvalue weighted by Gasteiger charge is -2.26. The van der Waals surface area contributed by atoms with Crippen LogP contribution in [0.1, 0.15) is 11.1 Å². The summed E-state index contributed by atoms with van der Waals surface area (Å²) in [6.07, 6.45) is 0. The minimum Gasteiger partial charge on any atom is -0.497 e. The number of amides is 1. The largest absolute Gasteiger partial charge is 0.497 e. The number of benzene rings is 2. The molecular weight excluding hydrogens is 316 g/mol. The number of hydrogen-bond acceptors (Lipinski definition) is 4. The molecule has 2 N–H and O–H groups in total. The van der Waals surface area contributed by atoms with Gasteiger partial charge in [-0.2, -0.15) is 0 Å².